The number of hydrogen-bond donors (Lipinski definition) is 2. The van der Waals surface area contributed by atoms with Crippen LogP contribution in [0.4, 0.5) is 0 Å². The number of hydrogen-bond acceptors (Lipinski definition) is 4. The standard InChI is InChI=1S/C18H23N3O3S/c1-13(2)11-20-25(23,24)17-9-7-15(8-10-17)18(22)19-12-16-6-4-5-14(3)21-16/h4-10,13,20H,11-12H2,1-3H3,(H,19,22). The number of aryl methyl sites for hydroxylation is 1. The zero-order valence-corrected chi connectivity index (χ0v) is 15.4. The van der Waals surface area contributed by atoms with E-state index in [0.717, 1.165) is 11.4 Å². The molecular formula is C18H23N3O3S. The highest BCUT2D eigenvalue weighted by Gasteiger charge is 2.15. The van der Waals surface area contributed by atoms with Crippen molar-refractivity contribution in [2.24, 2.45) is 5.92 Å². The Labute approximate surface area is 148 Å². The number of carbonyl (C=O) groups is 1. The summed E-state index contributed by atoms with van der Waals surface area (Å²) < 4.78 is 26.8. The quantitative estimate of drug-likeness (QED) is 0.792. The number of carbonyl (C=O) groups excluding carboxylic acids is 1. The molecule has 7 heteroatoms. The number of benzene rings is 1. The fourth-order valence-corrected chi connectivity index (χ4v) is 3.33. The van der Waals surface area contributed by atoms with Crippen molar-refractivity contribution in [2.45, 2.75) is 32.2 Å². The molecule has 6 nitrogen and oxygen atoms in total. The van der Waals surface area contributed by atoms with E-state index >= 15 is 0 Å². The molecule has 134 valence electrons. The number of pyridine rings is 1. The largest absolute Gasteiger partial charge is 0.346 e. The predicted molar refractivity (Wildman–Crippen MR) is 96.6 cm³/mol. The van der Waals surface area contributed by atoms with Crippen molar-refractivity contribution in [3.8, 4) is 0 Å². The lowest BCUT2D eigenvalue weighted by Gasteiger charge is -2.10. The molecule has 0 aliphatic rings. The van der Waals surface area contributed by atoms with Crippen molar-refractivity contribution in [2.75, 3.05) is 6.54 Å². The van der Waals surface area contributed by atoms with Crippen LogP contribution in [0, 0.1) is 12.8 Å². The van der Waals surface area contributed by atoms with Gasteiger partial charge in [-0.25, -0.2) is 13.1 Å². The molecule has 1 aromatic heterocycles. The second-order valence-corrected chi connectivity index (χ2v) is 7.99. The maximum Gasteiger partial charge on any atom is 0.251 e. The Kier molecular flexibility index (Phi) is 6.27. The lowest BCUT2D eigenvalue weighted by atomic mass is 10.2. The predicted octanol–water partition coefficient (Wildman–Crippen LogP) is 2.25. The van der Waals surface area contributed by atoms with E-state index < -0.39 is 10.0 Å². The van der Waals surface area contributed by atoms with Gasteiger partial charge in [0.05, 0.1) is 17.1 Å². The van der Waals surface area contributed by atoms with Crippen LogP contribution >= 0.6 is 0 Å². The summed E-state index contributed by atoms with van der Waals surface area (Å²) >= 11 is 0. The molecule has 2 N–H and O–H groups in total. The van der Waals surface area contributed by atoms with Crippen molar-refractivity contribution in [1.82, 2.24) is 15.0 Å². The zero-order valence-electron chi connectivity index (χ0n) is 14.6. The van der Waals surface area contributed by atoms with Crippen molar-refractivity contribution in [1.29, 1.82) is 0 Å². The zero-order chi connectivity index (χ0) is 18.4. The van der Waals surface area contributed by atoms with E-state index in [0.29, 0.717) is 18.7 Å². The Morgan fingerprint density at radius 1 is 1.12 bits per heavy atom. The Hall–Kier alpha value is -2.25. The second-order valence-electron chi connectivity index (χ2n) is 6.22. The molecule has 0 aliphatic heterocycles. The molecule has 1 aromatic carbocycles. The minimum Gasteiger partial charge on any atom is -0.346 e. The average molecular weight is 361 g/mol. The maximum absolute atomic E-state index is 12.2. The lowest BCUT2D eigenvalue weighted by Crippen LogP contribution is -2.27. The minimum absolute atomic E-state index is 0.144. The Balaban J connectivity index is 2.00. The lowest BCUT2D eigenvalue weighted by molar-refractivity contribution is 0.0950. The van der Waals surface area contributed by atoms with Crippen molar-refractivity contribution < 1.29 is 13.2 Å². The third kappa shape index (κ3) is 5.65. The molecule has 0 atom stereocenters. The fraction of sp³-hybridized carbons (Fsp3) is 0.333. The van der Waals surface area contributed by atoms with Gasteiger partial charge in [-0.2, -0.15) is 0 Å². The first kappa shape index (κ1) is 19.1. The van der Waals surface area contributed by atoms with Gasteiger partial charge in [-0.1, -0.05) is 19.9 Å². The van der Waals surface area contributed by atoms with E-state index in [2.05, 4.69) is 15.0 Å². The summed E-state index contributed by atoms with van der Waals surface area (Å²) in [5.74, 6) is -0.0579. The van der Waals surface area contributed by atoms with Gasteiger partial charge in [0.1, 0.15) is 0 Å². The molecule has 0 radical (unpaired) electrons. The molecule has 0 bridgehead atoms. The summed E-state index contributed by atoms with van der Waals surface area (Å²) in [6.45, 7) is 6.43. The average Bonchev–Trinajstić information content (AvgIpc) is 2.58. The van der Waals surface area contributed by atoms with E-state index in [4.69, 9.17) is 0 Å². The van der Waals surface area contributed by atoms with Gasteiger partial charge in [0.25, 0.3) is 5.91 Å². The third-order valence-electron chi connectivity index (χ3n) is 3.48. The third-order valence-corrected chi connectivity index (χ3v) is 4.92. The molecule has 2 rings (SSSR count). The number of nitrogens with zero attached hydrogens (tertiary/aromatic N) is 1. The SMILES string of the molecule is Cc1cccc(CNC(=O)c2ccc(S(=O)(=O)NCC(C)C)cc2)n1. The number of sulfonamides is 1. The van der Waals surface area contributed by atoms with Crippen LogP contribution in [0.5, 0.6) is 0 Å². The van der Waals surface area contributed by atoms with E-state index in [1.54, 1.807) is 0 Å². The second kappa shape index (κ2) is 8.22. The van der Waals surface area contributed by atoms with Crippen LogP contribution in [0.25, 0.3) is 0 Å². The van der Waals surface area contributed by atoms with Crippen LogP contribution in [0.1, 0.15) is 35.6 Å². The smallest absolute Gasteiger partial charge is 0.251 e. The molecular weight excluding hydrogens is 338 g/mol. The van der Waals surface area contributed by atoms with Crippen LogP contribution in [0.3, 0.4) is 0 Å². The van der Waals surface area contributed by atoms with E-state index in [1.807, 2.05) is 39.0 Å². The molecule has 25 heavy (non-hydrogen) atoms. The fourth-order valence-electron chi connectivity index (χ4n) is 2.12. The molecule has 0 saturated heterocycles. The van der Waals surface area contributed by atoms with Crippen molar-refractivity contribution in [3.63, 3.8) is 0 Å². The van der Waals surface area contributed by atoms with E-state index in [9.17, 15) is 13.2 Å². The summed E-state index contributed by atoms with van der Waals surface area (Å²) in [6, 6.07) is 11.5. The summed E-state index contributed by atoms with van der Waals surface area (Å²) in [5.41, 5.74) is 2.05. The molecule has 0 fully saturated rings. The highest BCUT2D eigenvalue weighted by Crippen LogP contribution is 2.11. The number of nitrogens with one attached hydrogen (secondary N) is 2. The Bertz CT molecular complexity index is 831. The maximum atomic E-state index is 12.2. The molecule has 0 unspecified atom stereocenters. The number of rotatable bonds is 7. The van der Waals surface area contributed by atoms with Gasteiger partial charge in [0.2, 0.25) is 10.0 Å². The van der Waals surface area contributed by atoms with Crippen molar-refractivity contribution >= 4 is 15.9 Å². The van der Waals surface area contributed by atoms with Gasteiger partial charge in [0.15, 0.2) is 0 Å². The van der Waals surface area contributed by atoms with E-state index in [1.165, 1.54) is 24.3 Å². The monoisotopic (exact) mass is 361 g/mol. The summed E-state index contributed by atoms with van der Waals surface area (Å²) in [5, 5.41) is 2.77. The molecule has 0 saturated carbocycles. The topological polar surface area (TPSA) is 88.2 Å². The molecule has 1 heterocycles. The van der Waals surface area contributed by atoms with Crippen LogP contribution in [0.2, 0.25) is 0 Å². The van der Waals surface area contributed by atoms with Crippen LogP contribution in [0.15, 0.2) is 47.4 Å². The van der Waals surface area contributed by atoms with Gasteiger partial charge < -0.3 is 5.32 Å². The first-order chi connectivity index (χ1) is 11.8. The first-order valence-corrected chi connectivity index (χ1v) is 9.57. The normalized spacial score (nSPS) is 11.5. The number of aromatic nitrogens is 1. The van der Waals surface area contributed by atoms with Gasteiger partial charge in [-0.05, 0) is 49.2 Å². The van der Waals surface area contributed by atoms with Gasteiger partial charge in [-0.3, -0.25) is 9.78 Å². The summed E-state index contributed by atoms with van der Waals surface area (Å²) in [4.78, 5) is 16.6. The molecule has 0 spiro atoms. The summed E-state index contributed by atoms with van der Waals surface area (Å²) in [7, 11) is -3.55. The highest BCUT2D eigenvalue weighted by molar-refractivity contribution is 7.89. The minimum atomic E-state index is -3.55. The molecule has 2 aromatic rings. The summed E-state index contributed by atoms with van der Waals surface area (Å²) in [6.07, 6.45) is 0. The van der Waals surface area contributed by atoms with Gasteiger partial charge in [0, 0.05) is 17.8 Å². The molecule has 0 aliphatic carbocycles. The van der Waals surface area contributed by atoms with Gasteiger partial charge >= 0.3 is 0 Å². The van der Waals surface area contributed by atoms with Gasteiger partial charge in [-0.15, -0.1) is 0 Å². The van der Waals surface area contributed by atoms with Crippen LogP contribution < -0.4 is 10.0 Å². The molecule has 1 amide bonds. The van der Waals surface area contributed by atoms with Crippen molar-refractivity contribution in [3.05, 3.63) is 59.4 Å². The van der Waals surface area contributed by atoms with Crippen LogP contribution in [-0.2, 0) is 16.6 Å². The first-order valence-electron chi connectivity index (χ1n) is 8.08. The highest BCUT2D eigenvalue weighted by atomic mass is 32.2. The van der Waals surface area contributed by atoms with E-state index in [-0.39, 0.29) is 16.7 Å². The number of amides is 1. The van der Waals surface area contributed by atoms with Crippen LogP contribution in [-0.4, -0.2) is 25.9 Å². The Morgan fingerprint density at radius 2 is 1.80 bits per heavy atom. The Morgan fingerprint density at radius 3 is 2.40 bits per heavy atom.